The average molecular weight is 343 g/mol. The molecule has 0 saturated heterocycles. The summed E-state index contributed by atoms with van der Waals surface area (Å²) in [6, 6.07) is 8.08. The maximum absolute atomic E-state index is 12.1. The van der Waals surface area contributed by atoms with Crippen molar-refractivity contribution in [3.05, 3.63) is 35.5 Å². The fourth-order valence-electron chi connectivity index (χ4n) is 3.68. The van der Waals surface area contributed by atoms with Crippen molar-refractivity contribution in [2.24, 2.45) is 5.92 Å². The number of carboxylic acids is 1. The molecule has 0 bridgehead atoms. The van der Waals surface area contributed by atoms with E-state index in [1.54, 1.807) is 0 Å². The van der Waals surface area contributed by atoms with Crippen LogP contribution in [0.4, 0.5) is 4.79 Å². The van der Waals surface area contributed by atoms with Gasteiger partial charge in [-0.25, -0.2) is 4.79 Å². The average Bonchev–Trinajstić information content (AvgIpc) is 2.91. The molecule has 1 aromatic heterocycles. The van der Waals surface area contributed by atoms with Gasteiger partial charge in [-0.2, -0.15) is 0 Å². The second-order valence-corrected chi connectivity index (χ2v) is 6.81. The molecular weight excluding hydrogens is 318 g/mol. The van der Waals surface area contributed by atoms with Crippen LogP contribution < -0.4 is 10.6 Å². The van der Waals surface area contributed by atoms with E-state index in [-0.39, 0.29) is 18.0 Å². The van der Waals surface area contributed by atoms with E-state index in [0.717, 1.165) is 30.5 Å². The number of para-hydroxylation sites is 1. The summed E-state index contributed by atoms with van der Waals surface area (Å²) >= 11 is 0. The van der Waals surface area contributed by atoms with Crippen LogP contribution in [0.25, 0.3) is 10.9 Å². The summed E-state index contributed by atoms with van der Waals surface area (Å²) in [4.78, 5) is 26.4. The molecule has 3 rings (SSSR count). The molecule has 1 aromatic carbocycles. The number of hydrogen-bond acceptors (Lipinski definition) is 2. The summed E-state index contributed by atoms with van der Waals surface area (Å²) in [5, 5.41) is 16.1. The highest BCUT2D eigenvalue weighted by molar-refractivity contribution is 5.84. The zero-order valence-electron chi connectivity index (χ0n) is 14.5. The highest BCUT2D eigenvalue weighted by Crippen LogP contribution is 2.24. The zero-order valence-corrected chi connectivity index (χ0v) is 14.5. The molecule has 4 N–H and O–H groups in total. The van der Waals surface area contributed by atoms with Crippen molar-refractivity contribution >= 4 is 22.9 Å². The number of carboxylic acid groups (broad SMARTS) is 1. The van der Waals surface area contributed by atoms with Gasteiger partial charge in [0.2, 0.25) is 0 Å². The number of amides is 2. The van der Waals surface area contributed by atoms with E-state index < -0.39 is 5.97 Å². The molecule has 1 aliphatic rings. The van der Waals surface area contributed by atoms with Crippen LogP contribution >= 0.6 is 0 Å². The van der Waals surface area contributed by atoms with Gasteiger partial charge in [-0.1, -0.05) is 18.2 Å². The van der Waals surface area contributed by atoms with Crippen molar-refractivity contribution in [2.75, 3.05) is 6.54 Å². The number of carbonyl (C=O) groups excluding carboxylic acids is 1. The van der Waals surface area contributed by atoms with Crippen LogP contribution in [-0.4, -0.2) is 34.7 Å². The first-order valence-electron chi connectivity index (χ1n) is 8.88. The third kappa shape index (κ3) is 4.13. The number of aliphatic carboxylic acids is 1. The fraction of sp³-hybridized carbons (Fsp3) is 0.474. The van der Waals surface area contributed by atoms with Crippen LogP contribution in [0.3, 0.4) is 0 Å². The monoisotopic (exact) mass is 343 g/mol. The molecular formula is C19H25N3O3. The Morgan fingerprint density at radius 3 is 2.64 bits per heavy atom. The number of aromatic amines is 1. The lowest BCUT2D eigenvalue weighted by atomic mass is 9.86. The largest absolute Gasteiger partial charge is 0.481 e. The van der Waals surface area contributed by atoms with Crippen molar-refractivity contribution in [1.82, 2.24) is 15.6 Å². The molecule has 0 spiro atoms. The lowest BCUT2D eigenvalue weighted by Crippen LogP contribution is -2.44. The molecule has 1 fully saturated rings. The number of fused-ring (bicyclic) bond motifs is 1. The second-order valence-electron chi connectivity index (χ2n) is 6.81. The lowest BCUT2D eigenvalue weighted by molar-refractivity contribution is -0.142. The van der Waals surface area contributed by atoms with Crippen molar-refractivity contribution in [2.45, 2.75) is 45.1 Å². The maximum atomic E-state index is 12.1. The summed E-state index contributed by atoms with van der Waals surface area (Å²) < 4.78 is 0. The summed E-state index contributed by atoms with van der Waals surface area (Å²) in [5.41, 5.74) is 3.49. The van der Waals surface area contributed by atoms with Gasteiger partial charge >= 0.3 is 12.0 Å². The maximum Gasteiger partial charge on any atom is 0.315 e. The van der Waals surface area contributed by atoms with E-state index in [1.165, 1.54) is 10.9 Å². The minimum Gasteiger partial charge on any atom is -0.481 e. The Labute approximate surface area is 147 Å². The van der Waals surface area contributed by atoms with Gasteiger partial charge < -0.3 is 20.7 Å². The molecule has 2 aromatic rings. The second kappa shape index (κ2) is 7.59. The normalized spacial score (nSPS) is 20.4. The first-order valence-corrected chi connectivity index (χ1v) is 8.88. The topological polar surface area (TPSA) is 94.2 Å². The molecule has 0 radical (unpaired) electrons. The number of urea groups is 1. The predicted molar refractivity (Wildman–Crippen MR) is 96.7 cm³/mol. The van der Waals surface area contributed by atoms with Gasteiger partial charge in [0.05, 0.1) is 5.92 Å². The fourth-order valence-corrected chi connectivity index (χ4v) is 3.68. The number of aryl methyl sites for hydroxylation is 1. The Morgan fingerprint density at radius 1 is 1.20 bits per heavy atom. The van der Waals surface area contributed by atoms with Crippen molar-refractivity contribution in [3.63, 3.8) is 0 Å². The molecule has 0 aliphatic heterocycles. The number of aromatic nitrogens is 1. The van der Waals surface area contributed by atoms with E-state index >= 15 is 0 Å². The van der Waals surface area contributed by atoms with Crippen molar-refractivity contribution < 1.29 is 14.7 Å². The Morgan fingerprint density at radius 2 is 1.92 bits per heavy atom. The van der Waals surface area contributed by atoms with Crippen molar-refractivity contribution in [3.8, 4) is 0 Å². The van der Waals surface area contributed by atoms with E-state index in [1.807, 2.05) is 12.1 Å². The van der Waals surface area contributed by atoms with Gasteiger partial charge in [-0.15, -0.1) is 0 Å². The SMILES string of the molecule is Cc1[nH]c2ccccc2c1CCNC(=O)NC1CCC(C(=O)O)CC1. The molecule has 2 amide bonds. The highest BCUT2D eigenvalue weighted by Gasteiger charge is 2.26. The molecule has 0 unspecified atom stereocenters. The molecule has 1 aliphatic carbocycles. The van der Waals surface area contributed by atoms with E-state index in [4.69, 9.17) is 5.11 Å². The van der Waals surface area contributed by atoms with Crippen molar-refractivity contribution in [1.29, 1.82) is 0 Å². The van der Waals surface area contributed by atoms with Crippen LogP contribution in [0.5, 0.6) is 0 Å². The van der Waals surface area contributed by atoms with E-state index in [2.05, 4.69) is 34.7 Å². The Hall–Kier alpha value is -2.50. The number of benzene rings is 1. The number of H-pyrrole nitrogens is 1. The van der Waals surface area contributed by atoms with Crippen LogP contribution in [0, 0.1) is 12.8 Å². The number of rotatable bonds is 5. The molecule has 6 heteroatoms. The molecule has 25 heavy (non-hydrogen) atoms. The quantitative estimate of drug-likeness (QED) is 0.672. The third-order valence-electron chi connectivity index (χ3n) is 5.10. The van der Waals surface area contributed by atoms with Gasteiger partial charge in [0.25, 0.3) is 0 Å². The van der Waals surface area contributed by atoms with E-state index in [0.29, 0.717) is 19.4 Å². The Bertz CT molecular complexity index is 760. The Kier molecular flexibility index (Phi) is 5.26. The zero-order chi connectivity index (χ0) is 17.8. The molecule has 6 nitrogen and oxygen atoms in total. The van der Waals surface area contributed by atoms with Gasteiger partial charge in [0.15, 0.2) is 0 Å². The number of hydrogen-bond donors (Lipinski definition) is 4. The van der Waals surface area contributed by atoms with Gasteiger partial charge in [-0.3, -0.25) is 4.79 Å². The summed E-state index contributed by atoms with van der Waals surface area (Å²) in [6.45, 7) is 2.62. The number of carbonyl (C=O) groups is 2. The molecule has 1 heterocycles. The molecule has 0 atom stereocenters. The summed E-state index contributed by atoms with van der Waals surface area (Å²) in [6.07, 6.45) is 3.50. The van der Waals surface area contributed by atoms with Crippen LogP contribution in [-0.2, 0) is 11.2 Å². The van der Waals surface area contributed by atoms with E-state index in [9.17, 15) is 9.59 Å². The smallest absolute Gasteiger partial charge is 0.315 e. The first kappa shape index (κ1) is 17.3. The van der Waals surface area contributed by atoms with Crippen LogP contribution in [0.15, 0.2) is 24.3 Å². The third-order valence-corrected chi connectivity index (χ3v) is 5.10. The first-order chi connectivity index (χ1) is 12.0. The van der Waals surface area contributed by atoms with Crippen LogP contribution in [0.1, 0.15) is 36.9 Å². The number of nitrogens with one attached hydrogen (secondary N) is 3. The van der Waals surface area contributed by atoms with Crippen LogP contribution in [0.2, 0.25) is 0 Å². The minimum absolute atomic E-state index is 0.0745. The lowest BCUT2D eigenvalue weighted by Gasteiger charge is -2.26. The van der Waals surface area contributed by atoms with Gasteiger partial charge in [0, 0.05) is 29.2 Å². The summed E-state index contributed by atoms with van der Waals surface area (Å²) in [7, 11) is 0. The molecule has 134 valence electrons. The van der Waals surface area contributed by atoms with Gasteiger partial charge in [-0.05, 0) is 50.7 Å². The van der Waals surface area contributed by atoms with Gasteiger partial charge in [0.1, 0.15) is 0 Å². The predicted octanol–water partition coefficient (Wildman–Crippen LogP) is 2.96. The highest BCUT2D eigenvalue weighted by atomic mass is 16.4. The minimum atomic E-state index is -0.725. The summed E-state index contributed by atoms with van der Waals surface area (Å²) in [5.74, 6) is -0.983. The molecule has 1 saturated carbocycles. The standard InChI is InChI=1S/C19H25N3O3/c1-12-15(16-4-2-3-5-17(16)21-12)10-11-20-19(25)22-14-8-6-13(7-9-14)18(23)24/h2-5,13-14,21H,6-11H2,1H3,(H,23,24)(H2,20,22,25). The Balaban J connectivity index is 1.45.